The number of piperazine rings is 1. The third kappa shape index (κ3) is 6.51. The molecule has 0 aromatic heterocycles. The highest BCUT2D eigenvalue weighted by molar-refractivity contribution is 6.05. The molecule has 0 aromatic carbocycles. The fourth-order valence-corrected chi connectivity index (χ4v) is 6.28. The molecule has 0 aromatic rings. The number of hydrogen-bond acceptors (Lipinski definition) is 6. The highest BCUT2D eigenvalue weighted by Gasteiger charge is 2.37. The van der Waals surface area contributed by atoms with Crippen LogP contribution in [0.5, 0.6) is 0 Å². The van der Waals surface area contributed by atoms with Gasteiger partial charge in [0.25, 0.3) is 0 Å². The minimum Gasteiger partial charge on any atom is -0.368 e. The molecule has 4 atom stereocenters. The molecule has 0 bridgehead atoms. The molecule has 4 rings (SSSR count). The van der Waals surface area contributed by atoms with Crippen LogP contribution in [0.3, 0.4) is 0 Å². The zero-order valence-corrected chi connectivity index (χ0v) is 23.0. The summed E-state index contributed by atoms with van der Waals surface area (Å²) in [7, 11) is 0. The van der Waals surface area contributed by atoms with Crippen molar-refractivity contribution in [2.24, 2.45) is 33.5 Å². The largest absolute Gasteiger partial charge is 0.368 e. The number of nitrogens with two attached hydrogens (primary N) is 1. The molecule has 2 saturated heterocycles. The van der Waals surface area contributed by atoms with Gasteiger partial charge >= 0.3 is 0 Å². The number of amides is 3. The molecule has 3 N–H and O–H groups in total. The fourth-order valence-electron chi connectivity index (χ4n) is 6.28. The molecule has 206 valence electrons. The summed E-state index contributed by atoms with van der Waals surface area (Å²) in [5.74, 6) is 1.98. The molecular formula is C27H45N7O3. The summed E-state index contributed by atoms with van der Waals surface area (Å²) in [5.41, 5.74) is 5.67. The van der Waals surface area contributed by atoms with E-state index in [1.807, 2.05) is 23.6 Å². The summed E-state index contributed by atoms with van der Waals surface area (Å²) in [6.07, 6.45) is 5.88. The van der Waals surface area contributed by atoms with Gasteiger partial charge in [0.2, 0.25) is 17.7 Å². The third-order valence-corrected chi connectivity index (χ3v) is 8.60. The fraction of sp³-hybridized carbons (Fsp3) is 0.815. The van der Waals surface area contributed by atoms with Crippen LogP contribution in [0.25, 0.3) is 0 Å². The van der Waals surface area contributed by atoms with Crippen LogP contribution in [-0.2, 0) is 14.4 Å². The Labute approximate surface area is 221 Å². The number of piperidine rings is 1. The van der Waals surface area contributed by atoms with E-state index >= 15 is 0 Å². The molecule has 1 aliphatic carbocycles. The van der Waals surface area contributed by atoms with Crippen LogP contribution in [0.1, 0.15) is 66.2 Å². The normalized spacial score (nSPS) is 29.5. The average molecular weight is 516 g/mol. The topological polar surface area (TPSA) is 124 Å². The lowest BCUT2D eigenvalue weighted by atomic mass is 9.82. The molecule has 0 spiro atoms. The van der Waals surface area contributed by atoms with Crippen LogP contribution in [0.15, 0.2) is 9.98 Å². The number of nitrogens with zero attached hydrogens (tertiary/aromatic N) is 5. The third-order valence-electron chi connectivity index (χ3n) is 8.60. The monoisotopic (exact) mass is 515 g/mol. The first-order chi connectivity index (χ1) is 17.6. The van der Waals surface area contributed by atoms with Crippen molar-refractivity contribution in [3.05, 3.63) is 0 Å². The summed E-state index contributed by atoms with van der Waals surface area (Å²) in [6.45, 7) is 11.9. The Morgan fingerprint density at radius 2 is 1.76 bits per heavy atom. The van der Waals surface area contributed by atoms with Gasteiger partial charge in [-0.1, -0.05) is 26.7 Å². The number of amidine groups is 2. The molecule has 3 fully saturated rings. The van der Waals surface area contributed by atoms with Crippen LogP contribution < -0.4 is 11.1 Å². The van der Waals surface area contributed by atoms with Gasteiger partial charge in [-0.15, -0.1) is 0 Å². The first-order valence-electron chi connectivity index (χ1n) is 14.1. The number of aliphatic imine (C=N–C) groups is 2. The van der Waals surface area contributed by atoms with E-state index in [-0.39, 0.29) is 47.6 Å². The highest BCUT2D eigenvalue weighted by atomic mass is 16.2. The van der Waals surface area contributed by atoms with Crippen LogP contribution in [-0.4, -0.2) is 101 Å². The van der Waals surface area contributed by atoms with Crippen LogP contribution >= 0.6 is 0 Å². The minimum absolute atomic E-state index is 0.0138. The number of likely N-dealkylation sites (tertiary alicyclic amines) is 1. The van der Waals surface area contributed by atoms with E-state index in [0.717, 1.165) is 56.7 Å². The van der Waals surface area contributed by atoms with E-state index in [4.69, 9.17) is 15.7 Å². The summed E-state index contributed by atoms with van der Waals surface area (Å²) < 4.78 is 0. The van der Waals surface area contributed by atoms with Crippen molar-refractivity contribution >= 4 is 29.4 Å². The van der Waals surface area contributed by atoms with E-state index in [1.165, 1.54) is 0 Å². The van der Waals surface area contributed by atoms with E-state index in [2.05, 4.69) is 17.1 Å². The van der Waals surface area contributed by atoms with Crippen molar-refractivity contribution in [1.82, 2.24) is 20.0 Å². The molecule has 3 aliphatic heterocycles. The second kappa shape index (κ2) is 11.9. The van der Waals surface area contributed by atoms with Crippen LogP contribution in [0.2, 0.25) is 0 Å². The highest BCUT2D eigenvalue weighted by Crippen LogP contribution is 2.31. The Bertz CT molecular complexity index is 925. The van der Waals surface area contributed by atoms with Gasteiger partial charge in [0.1, 0.15) is 17.7 Å². The van der Waals surface area contributed by atoms with E-state index in [0.29, 0.717) is 32.7 Å². The Hall–Kier alpha value is -2.49. The van der Waals surface area contributed by atoms with Gasteiger partial charge in [-0.3, -0.25) is 29.3 Å². The second-order valence-corrected chi connectivity index (χ2v) is 11.6. The number of nitrogens with one attached hydrogen (secondary N) is 1. The van der Waals surface area contributed by atoms with Gasteiger partial charge in [-0.05, 0) is 38.5 Å². The quantitative estimate of drug-likeness (QED) is 0.551. The van der Waals surface area contributed by atoms with Gasteiger partial charge in [-0.2, -0.15) is 0 Å². The van der Waals surface area contributed by atoms with Crippen molar-refractivity contribution in [1.29, 1.82) is 0 Å². The molecule has 37 heavy (non-hydrogen) atoms. The van der Waals surface area contributed by atoms with Crippen molar-refractivity contribution < 1.29 is 14.4 Å². The maximum Gasteiger partial charge on any atom is 0.242 e. The lowest BCUT2D eigenvalue weighted by Crippen LogP contribution is -2.58. The van der Waals surface area contributed by atoms with Crippen LogP contribution in [0.4, 0.5) is 0 Å². The van der Waals surface area contributed by atoms with Crippen molar-refractivity contribution in [3.63, 3.8) is 0 Å². The smallest absolute Gasteiger partial charge is 0.242 e. The Morgan fingerprint density at radius 1 is 1.05 bits per heavy atom. The van der Waals surface area contributed by atoms with E-state index in [9.17, 15) is 14.4 Å². The summed E-state index contributed by atoms with van der Waals surface area (Å²) in [4.78, 5) is 53.0. The van der Waals surface area contributed by atoms with E-state index in [1.54, 1.807) is 6.92 Å². The SMILES string of the molecule is CC(=O)N1CCC(C(=O)N2CCN(CC3=NC4CCCCC4C(=N[C@H](C(N)=O)C(C)C)N3)[C@@H](C)C2)CC1. The predicted octanol–water partition coefficient (Wildman–Crippen LogP) is 1.25. The molecule has 1 saturated carbocycles. The zero-order valence-electron chi connectivity index (χ0n) is 23.0. The predicted molar refractivity (Wildman–Crippen MR) is 144 cm³/mol. The second-order valence-electron chi connectivity index (χ2n) is 11.6. The average Bonchev–Trinajstić information content (AvgIpc) is 2.87. The molecule has 4 aliphatic rings. The standard InChI is InChI=1S/C27H45N7O3/c1-17(2)24(25(28)36)31-26-21-7-5-6-8-22(21)29-23(30-26)16-33-13-14-34(15-18(33)3)27(37)20-9-11-32(12-10-20)19(4)35/h17-18,20-22,24H,5-16H2,1-4H3,(H2,28,36)(H,29,30,31)/t18-,21?,22?,24-/m0/s1. The maximum atomic E-state index is 13.2. The minimum atomic E-state index is -0.541. The summed E-state index contributed by atoms with van der Waals surface area (Å²) in [6, 6.07) is -0.137. The number of fused-ring (bicyclic) bond motifs is 1. The molecular weight excluding hydrogens is 470 g/mol. The van der Waals surface area contributed by atoms with Gasteiger partial charge in [-0.25, -0.2) is 0 Å². The maximum absolute atomic E-state index is 13.2. The lowest BCUT2D eigenvalue weighted by Gasteiger charge is -2.43. The summed E-state index contributed by atoms with van der Waals surface area (Å²) in [5, 5.41) is 3.50. The molecule has 0 radical (unpaired) electrons. The Kier molecular flexibility index (Phi) is 8.87. The number of carbonyl (C=O) groups excluding carboxylic acids is 3. The lowest BCUT2D eigenvalue weighted by molar-refractivity contribution is -0.142. The molecule has 10 heteroatoms. The Morgan fingerprint density at radius 3 is 2.38 bits per heavy atom. The van der Waals surface area contributed by atoms with Crippen molar-refractivity contribution in [3.8, 4) is 0 Å². The van der Waals surface area contributed by atoms with Gasteiger partial charge in [0.15, 0.2) is 0 Å². The number of carbonyl (C=O) groups is 3. The van der Waals surface area contributed by atoms with Gasteiger partial charge < -0.3 is 20.9 Å². The molecule has 3 heterocycles. The van der Waals surface area contributed by atoms with Crippen molar-refractivity contribution in [2.45, 2.75) is 84.3 Å². The number of hydrogen-bond donors (Lipinski definition) is 2. The van der Waals surface area contributed by atoms with Gasteiger partial charge in [0, 0.05) is 57.5 Å². The number of primary amides is 1. The van der Waals surface area contributed by atoms with Crippen LogP contribution in [0, 0.1) is 17.8 Å². The number of rotatable bonds is 6. The molecule has 3 amide bonds. The van der Waals surface area contributed by atoms with E-state index < -0.39 is 6.04 Å². The Balaban J connectivity index is 1.38. The van der Waals surface area contributed by atoms with Gasteiger partial charge in [0.05, 0.1) is 12.6 Å². The summed E-state index contributed by atoms with van der Waals surface area (Å²) >= 11 is 0. The molecule has 10 nitrogen and oxygen atoms in total. The first-order valence-corrected chi connectivity index (χ1v) is 14.1. The first kappa shape index (κ1) is 27.5. The zero-order chi connectivity index (χ0) is 26.7. The molecule has 2 unspecified atom stereocenters. The van der Waals surface area contributed by atoms with Crippen molar-refractivity contribution in [2.75, 3.05) is 39.3 Å².